The van der Waals surface area contributed by atoms with Gasteiger partial charge in [-0.2, -0.15) is 0 Å². The van der Waals surface area contributed by atoms with Crippen LogP contribution in [0, 0.1) is 5.92 Å². The molecule has 3 N–H and O–H groups in total. The summed E-state index contributed by atoms with van der Waals surface area (Å²) in [5.74, 6) is 0.742. The van der Waals surface area contributed by atoms with Gasteiger partial charge in [0.2, 0.25) is 0 Å². The van der Waals surface area contributed by atoms with Gasteiger partial charge in [-0.3, -0.25) is 0 Å². The lowest BCUT2D eigenvalue weighted by Crippen LogP contribution is -2.11. The van der Waals surface area contributed by atoms with Crippen LogP contribution in [0.2, 0.25) is 10.0 Å². The number of rotatable bonds is 3. The Morgan fingerprint density at radius 3 is 2.67 bits per heavy atom. The number of hydrogen-bond acceptors (Lipinski definition) is 2. The average molecular weight is 246 g/mol. The van der Waals surface area contributed by atoms with E-state index in [1.54, 1.807) is 12.1 Å². The third-order valence-corrected chi connectivity index (χ3v) is 3.58. The first-order chi connectivity index (χ1) is 7.09. The normalized spacial score (nSPS) is 17.8. The lowest BCUT2D eigenvalue weighted by atomic mass is 10.0. The van der Waals surface area contributed by atoms with Crippen LogP contribution in [-0.4, -0.2) is 5.11 Å². The summed E-state index contributed by atoms with van der Waals surface area (Å²) in [7, 11) is 0. The van der Waals surface area contributed by atoms with E-state index in [1.807, 2.05) is 0 Å². The molecular formula is C11H13Cl2NO. The summed E-state index contributed by atoms with van der Waals surface area (Å²) in [6, 6.07) is 3.27. The lowest BCUT2D eigenvalue weighted by molar-refractivity contribution is 0.456. The van der Waals surface area contributed by atoms with Gasteiger partial charge in [-0.05, 0) is 18.4 Å². The Morgan fingerprint density at radius 1 is 1.40 bits per heavy atom. The molecule has 1 aliphatic carbocycles. The highest BCUT2D eigenvalue weighted by Gasteiger charge is 2.26. The fraction of sp³-hybridized carbons (Fsp3) is 0.455. The van der Waals surface area contributed by atoms with Gasteiger partial charge in [0, 0.05) is 11.6 Å². The number of halogens is 2. The summed E-state index contributed by atoms with van der Waals surface area (Å²) in [6.45, 7) is 0. The molecule has 15 heavy (non-hydrogen) atoms. The SMILES string of the molecule is N[C@@H](CC1CC1)c1ccc(Cl)c(Cl)c1O. The quantitative estimate of drug-likeness (QED) is 0.857. The first kappa shape index (κ1) is 11.1. The van der Waals surface area contributed by atoms with E-state index in [4.69, 9.17) is 28.9 Å². The Hall–Kier alpha value is -0.440. The minimum absolute atomic E-state index is 0.0253. The molecule has 1 atom stereocenters. The van der Waals surface area contributed by atoms with Gasteiger partial charge in [-0.25, -0.2) is 0 Å². The van der Waals surface area contributed by atoms with Crippen molar-refractivity contribution in [1.29, 1.82) is 0 Å². The lowest BCUT2D eigenvalue weighted by Gasteiger charge is -2.14. The first-order valence-electron chi connectivity index (χ1n) is 5.02. The van der Waals surface area contributed by atoms with Crippen LogP contribution in [0.5, 0.6) is 5.75 Å². The fourth-order valence-electron chi connectivity index (χ4n) is 1.69. The van der Waals surface area contributed by atoms with Crippen molar-refractivity contribution in [2.75, 3.05) is 0 Å². The van der Waals surface area contributed by atoms with Crippen molar-refractivity contribution in [3.8, 4) is 5.75 Å². The zero-order chi connectivity index (χ0) is 11.0. The highest BCUT2D eigenvalue weighted by atomic mass is 35.5. The molecule has 0 radical (unpaired) electrons. The topological polar surface area (TPSA) is 46.2 Å². The number of aromatic hydroxyl groups is 1. The molecule has 82 valence electrons. The van der Waals surface area contributed by atoms with Crippen LogP contribution < -0.4 is 5.73 Å². The monoisotopic (exact) mass is 245 g/mol. The molecule has 0 bridgehead atoms. The van der Waals surface area contributed by atoms with Gasteiger partial charge in [-0.1, -0.05) is 42.1 Å². The van der Waals surface area contributed by atoms with Gasteiger partial charge in [-0.15, -0.1) is 0 Å². The molecule has 4 heteroatoms. The number of hydrogen-bond donors (Lipinski definition) is 2. The van der Waals surface area contributed by atoms with Gasteiger partial charge in [0.15, 0.2) is 0 Å². The molecular weight excluding hydrogens is 233 g/mol. The molecule has 1 aliphatic rings. The zero-order valence-electron chi connectivity index (χ0n) is 8.21. The van der Waals surface area contributed by atoms with Crippen LogP contribution in [0.1, 0.15) is 30.9 Å². The van der Waals surface area contributed by atoms with E-state index >= 15 is 0 Å². The zero-order valence-corrected chi connectivity index (χ0v) is 9.72. The minimum atomic E-state index is -0.146. The summed E-state index contributed by atoms with van der Waals surface area (Å²) < 4.78 is 0. The Balaban J connectivity index is 2.22. The summed E-state index contributed by atoms with van der Waals surface area (Å²) in [6.07, 6.45) is 3.40. The smallest absolute Gasteiger partial charge is 0.140 e. The standard InChI is InChI=1S/C11H13Cl2NO/c12-8-4-3-7(11(15)10(8)13)9(14)5-6-1-2-6/h3-4,6,9,15H,1-2,5,14H2/t9-/m0/s1. The highest BCUT2D eigenvalue weighted by Crippen LogP contribution is 2.41. The van der Waals surface area contributed by atoms with Crippen molar-refractivity contribution in [2.24, 2.45) is 11.7 Å². The number of phenols is 1. The molecule has 1 aromatic carbocycles. The van der Waals surface area contributed by atoms with Gasteiger partial charge < -0.3 is 10.8 Å². The predicted molar refractivity (Wildman–Crippen MR) is 62.4 cm³/mol. The van der Waals surface area contributed by atoms with E-state index in [0.717, 1.165) is 6.42 Å². The van der Waals surface area contributed by atoms with E-state index in [2.05, 4.69) is 0 Å². The summed E-state index contributed by atoms with van der Waals surface area (Å²) in [5.41, 5.74) is 6.69. The van der Waals surface area contributed by atoms with Crippen LogP contribution in [0.3, 0.4) is 0 Å². The molecule has 0 unspecified atom stereocenters. The Morgan fingerprint density at radius 2 is 2.07 bits per heavy atom. The molecule has 1 saturated carbocycles. The van der Waals surface area contributed by atoms with Crippen LogP contribution >= 0.6 is 23.2 Å². The third kappa shape index (κ3) is 2.39. The second-order valence-corrected chi connectivity index (χ2v) is 4.87. The van der Waals surface area contributed by atoms with Crippen molar-refractivity contribution in [3.05, 3.63) is 27.7 Å². The molecule has 0 heterocycles. The first-order valence-corrected chi connectivity index (χ1v) is 5.77. The maximum absolute atomic E-state index is 9.79. The van der Waals surface area contributed by atoms with Crippen molar-refractivity contribution in [1.82, 2.24) is 0 Å². The molecule has 0 aliphatic heterocycles. The fourth-order valence-corrected chi connectivity index (χ4v) is 2.02. The average Bonchev–Trinajstić information content (AvgIpc) is 2.98. The van der Waals surface area contributed by atoms with E-state index in [1.165, 1.54) is 12.8 Å². The highest BCUT2D eigenvalue weighted by molar-refractivity contribution is 6.43. The number of nitrogens with two attached hydrogens (primary N) is 1. The van der Waals surface area contributed by atoms with Crippen molar-refractivity contribution in [2.45, 2.75) is 25.3 Å². The maximum atomic E-state index is 9.79. The Bertz CT molecular complexity index is 377. The van der Waals surface area contributed by atoms with Crippen molar-refractivity contribution in [3.63, 3.8) is 0 Å². The largest absolute Gasteiger partial charge is 0.506 e. The van der Waals surface area contributed by atoms with E-state index < -0.39 is 0 Å². The molecule has 0 spiro atoms. The molecule has 1 fully saturated rings. The third-order valence-electron chi connectivity index (χ3n) is 2.78. The maximum Gasteiger partial charge on any atom is 0.140 e. The number of phenolic OH excluding ortho intramolecular Hbond substituents is 1. The van der Waals surface area contributed by atoms with E-state index in [9.17, 15) is 5.11 Å². The minimum Gasteiger partial charge on any atom is -0.506 e. The molecule has 1 aromatic rings. The predicted octanol–water partition coefficient (Wildman–Crippen LogP) is 3.50. The van der Waals surface area contributed by atoms with Crippen LogP contribution in [0.4, 0.5) is 0 Å². The van der Waals surface area contributed by atoms with Crippen LogP contribution in [0.25, 0.3) is 0 Å². The second kappa shape index (κ2) is 4.20. The molecule has 0 amide bonds. The molecule has 0 aromatic heterocycles. The summed E-state index contributed by atoms with van der Waals surface area (Å²) >= 11 is 11.6. The van der Waals surface area contributed by atoms with Gasteiger partial charge in [0.25, 0.3) is 0 Å². The second-order valence-electron chi connectivity index (χ2n) is 4.08. The Kier molecular flexibility index (Phi) is 3.10. The number of benzene rings is 1. The summed E-state index contributed by atoms with van der Waals surface area (Å²) in [4.78, 5) is 0. The molecule has 0 saturated heterocycles. The summed E-state index contributed by atoms with van der Waals surface area (Å²) in [5, 5.41) is 10.3. The van der Waals surface area contributed by atoms with Gasteiger partial charge in [0.1, 0.15) is 10.8 Å². The molecule has 2 rings (SSSR count). The van der Waals surface area contributed by atoms with Crippen molar-refractivity contribution < 1.29 is 5.11 Å². The van der Waals surface area contributed by atoms with Crippen molar-refractivity contribution >= 4 is 23.2 Å². The van der Waals surface area contributed by atoms with Gasteiger partial charge in [0.05, 0.1) is 5.02 Å². The van der Waals surface area contributed by atoms with Gasteiger partial charge >= 0.3 is 0 Å². The van der Waals surface area contributed by atoms with E-state index in [-0.39, 0.29) is 16.8 Å². The molecule has 2 nitrogen and oxygen atoms in total. The Labute approximate surface area is 99.0 Å². The van der Waals surface area contributed by atoms with E-state index in [0.29, 0.717) is 16.5 Å². The van der Waals surface area contributed by atoms with Crippen LogP contribution in [0.15, 0.2) is 12.1 Å². The van der Waals surface area contributed by atoms with Crippen LogP contribution in [-0.2, 0) is 0 Å².